The Morgan fingerprint density at radius 3 is 1.65 bits per heavy atom. The lowest BCUT2D eigenvalue weighted by molar-refractivity contribution is -0.335. The number of carbonyl (C=O) groups is 2. The Morgan fingerprint density at radius 1 is 0.727 bits per heavy atom. The summed E-state index contributed by atoms with van der Waals surface area (Å²) in [4.78, 5) is 52.3. The van der Waals surface area contributed by atoms with Crippen molar-refractivity contribution in [2.45, 2.75) is 84.0 Å². The number of H-pyrrole nitrogens is 2. The Hall–Kier alpha value is -5.05. The first-order valence-electron chi connectivity index (χ1n) is 19.7. The molecule has 4 atom stereocenters. The smallest absolute Gasteiger partial charge is 0.246 e. The molecule has 2 aromatic heterocycles. The van der Waals surface area contributed by atoms with Crippen LogP contribution < -0.4 is 16.0 Å². The minimum absolute atomic E-state index is 0.0435. The van der Waals surface area contributed by atoms with Crippen molar-refractivity contribution >= 4 is 17.8 Å². The standard InChI is InChI=1S/C41H52N10O4/c1-24(2)34(48-40-42-17-18-43-40)38(52)50-19-5-7-32(50)36-44-21-30(46-36)28-13-9-26(10-14-28)27-11-15-29(16-12-27)31-22-45-37(47-31)33-8-6-20-51(33)39(53)35(25(3)4)49-41-54-23-55-41/h9-16,21-22,24-25,32-35,41,49H,5-8,17-20,23H2,1-4H3,(H,44,46)(H,45,47)(H2,42,43,48)/t32-,33-,34+,35-/m0/s1. The maximum Gasteiger partial charge on any atom is 0.246 e. The number of guanidine groups is 1. The molecule has 4 aliphatic heterocycles. The van der Waals surface area contributed by atoms with E-state index in [9.17, 15) is 9.59 Å². The molecule has 4 aliphatic rings. The van der Waals surface area contributed by atoms with Crippen molar-refractivity contribution in [3.63, 3.8) is 0 Å². The van der Waals surface area contributed by atoms with E-state index in [4.69, 9.17) is 19.4 Å². The van der Waals surface area contributed by atoms with Crippen LogP contribution in [0.1, 0.15) is 77.1 Å². The van der Waals surface area contributed by atoms with Gasteiger partial charge in [-0.15, -0.1) is 0 Å². The zero-order valence-corrected chi connectivity index (χ0v) is 32.0. The minimum Gasteiger partial charge on any atom is -0.355 e. The largest absolute Gasteiger partial charge is 0.355 e. The molecule has 8 rings (SSSR count). The third-order valence-electron chi connectivity index (χ3n) is 11.2. The van der Waals surface area contributed by atoms with Gasteiger partial charge < -0.3 is 39.9 Å². The van der Waals surface area contributed by atoms with Crippen molar-refractivity contribution in [3.8, 4) is 33.6 Å². The van der Waals surface area contributed by atoms with Crippen molar-refractivity contribution in [3.05, 3.63) is 72.6 Å². The van der Waals surface area contributed by atoms with Crippen LogP contribution >= 0.6 is 0 Å². The molecule has 6 heterocycles. The quantitative estimate of drug-likeness (QED) is 0.135. The molecule has 14 heteroatoms. The van der Waals surface area contributed by atoms with E-state index in [0.717, 1.165) is 84.1 Å². The number of aromatic nitrogens is 4. The van der Waals surface area contributed by atoms with Gasteiger partial charge in [0.05, 0.1) is 48.5 Å². The normalized spacial score (nSPS) is 21.2. The third-order valence-corrected chi connectivity index (χ3v) is 11.2. The molecule has 0 bridgehead atoms. The van der Waals surface area contributed by atoms with Crippen LogP contribution in [0.4, 0.5) is 0 Å². The van der Waals surface area contributed by atoms with E-state index in [1.165, 1.54) is 0 Å². The molecule has 55 heavy (non-hydrogen) atoms. The summed E-state index contributed by atoms with van der Waals surface area (Å²) in [5, 5.41) is 9.78. The number of nitrogens with zero attached hydrogens (tertiary/aromatic N) is 5. The maximum absolute atomic E-state index is 13.8. The molecule has 5 N–H and O–H groups in total. The summed E-state index contributed by atoms with van der Waals surface area (Å²) in [6.45, 7) is 11.4. The van der Waals surface area contributed by atoms with Gasteiger partial charge in [-0.1, -0.05) is 76.2 Å². The molecule has 0 spiro atoms. The van der Waals surface area contributed by atoms with Crippen molar-refractivity contribution in [1.29, 1.82) is 0 Å². The highest BCUT2D eigenvalue weighted by atomic mass is 16.9. The second-order valence-corrected chi connectivity index (χ2v) is 15.6. The van der Waals surface area contributed by atoms with Gasteiger partial charge in [-0.2, -0.15) is 0 Å². The van der Waals surface area contributed by atoms with Crippen LogP contribution in [0.5, 0.6) is 0 Å². The van der Waals surface area contributed by atoms with Crippen LogP contribution in [-0.4, -0.2) is 99.0 Å². The number of imidazole rings is 2. The molecule has 3 fully saturated rings. The van der Waals surface area contributed by atoms with E-state index in [1.54, 1.807) is 0 Å². The van der Waals surface area contributed by atoms with Crippen LogP contribution in [-0.2, 0) is 19.1 Å². The fourth-order valence-electron chi connectivity index (χ4n) is 8.06. The van der Waals surface area contributed by atoms with Crippen LogP contribution in [0, 0.1) is 11.8 Å². The van der Waals surface area contributed by atoms with Crippen molar-refractivity contribution in [1.82, 2.24) is 45.7 Å². The molecular weight excluding hydrogens is 697 g/mol. The molecule has 2 amide bonds. The average Bonchev–Trinajstić information content (AvgIpc) is 4.02. The highest BCUT2D eigenvalue weighted by Crippen LogP contribution is 2.35. The Balaban J connectivity index is 0.907. The van der Waals surface area contributed by atoms with Crippen molar-refractivity contribution < 1.29 is 19.1 Å². The van der Waals surface area contributed by atoms with Gasteiger partial charge in [0.2, 0.25) is 18.2 Å². The number of carbonyl (C=O) groups excluding carboxylic acids is 2. The SMILES string of the molecule is CC(C)[C@H](NC1OCO1)C(=O)N1CCC[C@H]1c1ncc(-c2ccc(-c3ccc(-c4cnc([C@@H]5CCCN5C(=O)[C@H](NC5=NCCN5)C(C)C)[nH]4)cc3)cc2)[nH]1. The number of nitrogens with one attached hydrogen (secondary N) is 5. The summed E-state index contributed by atoms with van der Waals surface area (Å²) in [5.74, 6) is 2.65. The Morgan fingerprint density at radius 2 is 1.22 bits per heavy atom. The van der Waals surface area contributed by atoms with Gasteiger partial charge in [0.1, 0.15) is 17.7 Å². The van der Waals surface area contributed by atoms with Crippen LogP contribution in [0.3, 0.4) is 0 Å². The molecule has 14 nitrogen and oxygen atoms in total. The van der Waals surface area contributed by atoms with E-state index in [0.29, 0.717) is 19.0 Å². The first kappa shape index (κ1) is 36.9. The number of aromatic amines is 2. The lowest BCUT2D eigenvalue weighted by atomic mass is 10.0. The second-order valence-electron chi connectivity index (χ2n) is 15.6. The van der Waals surface area contributed by atoms with Crippen molar-refractivity contribution in [2.24, 2.45) is 16.8 Å². The first-order chi connectivity index (χ1) is 26.7. The maximum atomic E-state index is 13.8. The van der Waals surface area contributed by atoms with Crippen LogP contribution in [0.15, 0.2) is 65.9 Å². The highest BCUT2D eigenvalue weighted by Gasteiger charge is 2.39. The van der Waals surface area contributed by atoms with Gasteiger partial charge in [0, 0.05) is 19.6 Å². The zero-order valence-electron chi connectivity index (χ0n) is 32.0. The summed E-state index contributed by atoms with van der Waals surface area (Å²) in [7, 11) is 0. The van der Waals surface area contributed by atoms with Gasteiger partial charge in [0.25, 0.3) is 0 Å². The fourth-order valence-corrected chi connectivity index (χ4v) is 8.06. The summed E-state index contributed by atoms with van der Waals surface area (Å²) >= 11 is 0. The van der Waals surface area contributed by atoms with Gasteiger partial charge >= 0.3 is 0 Å². The number of amides is 2. The predicted molar refractivity (Wildman–Crippen MR) is 209 cm³/mol. The van der Waals surface area contributed by atoms with Crippen molar-refractivity contribution in [2.75, 3.05) is 33.0 Å². The van der Waals surface area contributed by atoms with Gasteiger partial charge in [-0.05, 0) is 59.8 Å². The monoisotopic (exact) mass is 748 g/mol. The molecule has 2 aromatic carbocycles. The second kappa shape index (κ2) is 16.0. The van der Waals surface area contributed by atoms with E-state index >= 15 is 0 Å². The fraction of sp³-hybridized carbons (Fsp3) is 0.488. The summed E-state index contributed by atoms with van der Waals surface area (Å²) in [6.07, 6.45) is 6.79. The highest BCUT2D eigenvalue weighted by molar-refractivity contribution is 5.90. The molecule has 0 saturated carbocycles. The summed E-state index contributed by atoms with van der Waals surface area (Å²) in [5.41, 5.74) is 6.11. The lowest BCUT2D eigenvalue weighted by Gasteiger charge is -2.35. The predicted octanol–water partition coefficient (Wildman–Crippen LogP) is 4.94. The first-order valence-corrected chi connectivity index (χ1v) is 19.7. The molecule has 3 saturated heterocycles. The number of likely N-dealkylation sites (tertiary alicyclic amines) is 2. The van der Waals surface area contributed by atoms with E-state index in [2.05, 4.69) is 93.3 Å². The number of aliphatic imine (C=N–C) groups is 1. The average molecular weight is 749 g/mol. The summed E-state index contributed by atoms with van der Waals surface area (Å²) < 4.78 is 10.7. The van der Waals surface area contributed by atoms with E-state index in [-0.39, 0.29) is 48.6 Å². The molecule has 4 aromatic rings. The Labute approximate surface area is 321 Å². The molecule has 0 aliphatic carbocycles. The number of ether oxygens (including phenoxy) is 2. The van der Waals surface area contributed by atoms with Crippen LogP contribution in [0.2, 0.25) is 0 Å². The Kier molecular flexibility index (Phi) is 10.7. The topological polar surface area (TPSA) is 165 Å². The van der Waals surface area contributed by atoms with Gasteiger partial charge in [-0.25, -0.2) is 9.97 Å². The van der Waals surface area contributed by atoms with Gasteiger partial charge in [0.15, 0.2) is 12.8 Å². The molecule has 0 unspecified atom stereocenters. The number of hydrogen-bond donors (Lipinski definition) is 5. The van der Waals surface area contributed by atoms with E-state index < -0.39 is 12.5 Å². The van der Waals surface area contributed by atoms with E-state index in [1.807, 2.05) is 36.0 Å². The van der Waals surface area contributed by atoms with Gasteiger partial charge in [-0.3, -0.25) is 19.9 Å². The number of hydrogen-bond acceptors (Lipinski definition) is 10. The van der Waals surface area contributed by atoms with Crippen LogP contribution in [0.25, 0.3) is 33.6 Å². The lowest BCUT2D eigenvalue weighted by Crippen LogP contribution is -2.56. The number of benzene rings is 2. The minimum atomic E-state index is -0.535. The Bertz CT molecular complexity index is 1980. The zero-order chi connectivity index (χ0) is 38.1. The molecule has 0 radical (unpaired) electrons. The number of rotatable bonds is 12. The molecule has 290 valence electrons. The third kappa shape index (κ3) is 7.76. The molecular formula is C41H52N10O4. The summed E-state index contributed by atoms with van der Waals surface area (Å²) in [6, 6.07) is 15.9.